The Kier molecular flexibility index (Phi) is 44.8. The Morgan fingerprint density at radius 3 is 1.43 bits per heavy atom. The van der Waals surface area contributed by atoms with Crippen LogP contribution in [0.1, 0.15) is 194 Å². The van der Waals surface area contributed by atoms with E-state index in [0.29, 0.717) is 13.0 Å². The molecule has 0 aliphatic rings. The Morgan fingerprint density at radius 1 is 0.533 bits per heavy atom. The van der Waals surface area contributed by atoms with Gasteiger partial charge in [-0.2, -0.15) is 0 Å². The van der Waals surface area contributed by atoms with Gasteiger partial charge in [-0.15, -0.1) is 0 Å². The van der Waals surface area contributed by atoms with Crippen LogP contribution in [0.5, 0.6) is 0 Å². The summed E-state index contributed by atoms with van der Waals surface area (Å²) in [5.41, 5.74) is 0. The van der Waals surface area contributed by atoms with Crippen molar-refractivity contribution in [2.24, 2.45) is 0 Å². The average Bonchev–Trinajstić information content (AvgIpc) is 3.24. The van der Waals surface area contributed by atoms with Gasteiger partial charge in [-0.05, 0) is 83.5 Å². The number of hydrogen-bond donors (Lipinski definition) is 3. The highest BCUT2D eigenvalue weighted by molar-refractivity contribution is 7.47. The van der Waals surface area contributed by atoms with Crippen molar-refractivity contribution in [1.29, 1.82) is 0 Å². The molecule has 0 heterocycles. The third-order valence-electron chi connectivity index (χ3n) is 9.88. The van der Waals surface area contributed by atoms with Crippen LogP contribution in [0, 0.1) is 0 Å². The molecule has 0 radical (unpaired) electrons. The summed E-state index contributed by atoms with van der Waals surface area (Å²) in [6, 6.07) is 0. The van der Waals surface area contributed by atoms with Gasteiger partial charge >= 0.3 is 13.8 Å². The third-order valence-corrected chi connectivity index (χ3v) is 10.8. The van der Waals surface area contributed by atoms with Crippen molar-refractivity contribution >= 4 is 13.8 Å². The second-order valence-corrected chi connectivity index (χ2v) is 17.2. The molecular weight excluding hydrogens is 776 g/mol. The number of hydrogen-bond acceptors (Lipinski definition) is 8. The third kappa shape index (κ3) is 45.4. The van der Waals surface area contributed by atoms with E-state index in [1.165, 1.54) is 83.5 Å². The molecule has 0 spiro atoms. The first-order valence-corrected chi connectivity index (χ1v) is 25.4. The Morgan fingerprint density at radius 2 is 0.950 bits per heavy atom. The van der Waals surface area contributed by atoms with Gasteiger partial charge in [-0.3, -0.25) is 13.8 Å². The van der Waals surface area contributed by atoms with Crippen molar-refractivity contribution in [3.63, 3.8) is 0 Å². The summed E-state index contributed by atoms with van der Waals surface area (Å²) in [6.07, 6.45) is 55.7. The molecule has 0 aromatic heterocycles. The molecule has 0 aliphatic carbocycles. The first-order valence-electron chi connectivity index (χ1n) is 23.9. The van der Waals surface area contributed by atoms with Crippen molar-refractivity contribution in [1.82, 2.24) is 0 Å². The molecule has 0 amide bonds. The monoisotopic (exact) mass is 865 g/mol. The molecule has 0 aromatic rings. The number of phosphoric ester groups is 1. The summed E-state index contributed by atoms with van der Waals surface area (Å²) in [4.78, 5) is 22.7. The van der Waals surface area contributed by atoms with Crippen LogP contribution in [-0.2, 0) is 27.9 Å². The molecule has 0 aliphatic heterocycles. The van der Waals surface area contributed by atoms with Crippen LogP contribution in [0.2, 0.25) is 0 Å². The zero-order chi connectivity index (χ0) is 43.9. The van der Waals surface area contributed by atoms with Crippen LogP contribution in [0.25, 0.3) is 0 Å². The lowest BCUT2D eigenvalue weighted by Gasteiger charge is -2.20. The van der Waals surface area contributed by atoms with Gasteiger partial charge in [-0.1, -0.05) is 177 Å². The molecule has 348 valence electrons. The number of ether oxygens (including phenoxy) is 2. The Labute approximate surface area is 367 Å². The maximum Gasteiger partial charge on any atom is 0.472 e. The average molecular weight is 865 g/mol. The van der Waals surface area contributed by atoms with Gasteiger partial charge < -0.3 is 24.6 Å². The van der Waals surface area contributed by atoms with Crippen molar-refractivity contribution in [2.75, 3.05) is 33.0 Å². The number of carbonyl (C=O) groups is 1. The smallest absolute Gasteiger partial charge is 0.457 e. The minimum Gasteiger partial charge on any atom is -0.457 e. The number of phosphoric acid groups is 1. The zero-order valence-electron chi connectivity index (χ0n) is 38.2. The van der Waals surface area contributed by atoms with Gasteiger partial charge in [0.05, 0.1) is 26.4 Å². The van der Waals surface area contributed by atoms with Crippen LogP contribution in [0.15, 0.2) is 72.9 Å². The molecule has 3 atom stereocenters. The molecule has 0 saturated heterocycles. The van der Waals surface area contributed by atoms with Crippen molar-refractivity contribution in [3.8, 4) is 0 Å². The van der Waals surface area contributed by atoms with Crippen molar-refractivity contribution < 1.29 is 43.0 Å². The van der Waals surface area contributed by atoms with Gasteiger partial charge in [0, 0.05) is 13.0 Å². The molecule has 9 nitrogen and oxygen atoms in total. The normalized spacial score (nSPS) is 14.6. The minimum atomic E-state index is -4.53. The number of carbonyl (C=O) groups excluding carboxylic acids is 1. The highest BCUT2D eigenvalue weighted by Crippen LogP contribution is 2.43. The molecule has 3 unspecified atom stereocenters. The second kappa shape index (κ2) is 46.4. The van der Waals surface area contributed by atoms with E-state index in [1.54, 1.807) is 0 Å². The fourth-order valence-corrected chi connectivity index (χ4v) is 7.05. The second-order valence-electron chi connectivity index (χ2n) is 15.7. The van der Waals surface area contributed by atoms with Crippen molar-refractivity contribution in [2.45, 2.75) is 206 Å². The standard InChI is InChI=1S/C50H89O9P/c1-3-5-7-9-11-13-15-17-19-21-22-23-24-25-26-27-28-30-32-34-36-38-40-42-50(53)59-49(47-58-60(54,55)57-45-48(52)44-51)46-56-43-41-39-37-35-33-31-29-20-18-16-14-12-10-8-6-4-2/h6,8,12,14-15,17-18,20-22,24-25,48-49,51-52H,3-5,7,9-11,13,16,19,23,26-47H2,1-2H3,(H,54,55)/b8-6-,14-12-,17-15-,20-18-,22-21-,25-24-. The summed E-state index contributed by atoms with van der Waals surface area (Å²) in [5.74, 6) is -0.397. The lowest BCUT2D eigenvalue weighted by Crippen LogP contribution is -2.29. The largest absolute Gasteiger partial charge is 0.472 e. The van der Waals surface area contributed by atoms with Crippen LogP contribution in [0.4, 0.5) is 0 Å². The predicted molar refractivity (Wildman–Crippen MR) is 251 cm³/mol. The molecule has 0 bridgehead atoms. The van der Waals surface area contributed by atoms with Crippen LogP contribution in [0.3, 0.4) is 0 Å². The maximum absolute atomic E-state index is 12.7. The van der Waals surface area contributed by atoms with E-state index in [-0.39, 0.29) is 19.6 Å². The fraction of sp³-hybridized carbons (Fsp3) is 0.740. The van der Waals surface area contributed by atoms with E-state index in [1.807, 2.05) is 0 Å². The first-order chi connectivity index (χ1) is 29.3. The fourth-order valence-electron chi connectivity index (χ4n) is 6.26. The Bertz CT molecular complexity index is 1160. The minimum absolute atomic E-state index is 0.0338. The van der Waals surface area contributed by atoms with Gasteiger partial charge in [0.1, 0.15) is 12.2 Å². The van der Waals surface area contributed by atoms with Crippen molar-refractivity contribution in [3.05, 3.63) is 72.9 Å². The molecular formula is C50H89O9P. The molecule has 0 rings (SSSR count). The number of allylic oxidation sites excluding steroid dienone is 12. The highest BCUT2D eigenvalue weighted by atomic mass is 31.2. The Balaban J connectivity index is 4.15. The lowest BCUT2D eigenvalue weighted by atomic mass is 10.1. The van der Waals surface area contributed by atoms with E-state index < -0.39 is 39.2 Å². The zero-order valence-corrected chi connectivity index (χ0v) is 39.1. The SMILES string of the molecule is CC/C=C\C/C=C\C/C=C\CCCCCCCCOCC(COP(=O)(O)OCC(O)CO)OC(=O)CCCCCCCCCC/C=C\C/C=C\C/C=C\CCCCCCC. The summed E-state index contributed by atoms with van der Waals surface area (Å²) >= 11 is 0. The van der Waals surface area contributed by atoms with Gasteiger partial charge in [-0.25, -0.2) is 4.57 Å². The summed E-state index contributed by atoms with van der Waals surface area (Å²) in [5, 5.41) is 18.4. The molecule has 0 fully saturated rings. The van der Waals surface area contributed by atoms with Crippen LogP contribution in [-0.4, -0.2) is 66.3 Å². The number of esters is 1. The maximum atomic E-state index is 12.7. The van der Waals surface area contributed by atoms with Gasteiger partial charge in [0.2, 0.25) is 0 Å². The predicted octanol–water partition coefficient (Wildman–Crippen LogP) is 13.7. The highest BCUT2D eigenvalue weighted by Gasteiger charge is 2.26. The lowest BCUT2D eigenvalue weighted by molar-refractivity contribution is -0.154. The molecule has 0 saturated carbocycles. The molecule has 3 N–H and O–H groups in total. The number of unbranched alkanes of at least 4 members (excludes halogenated alkanes) is 19. The van der Waals surface area contributed by atoms with E-state index in [4.69, 9.17) is 23.6 Å². The molecule has 10 heteroatoms. The number of aliphatic hydroxyl groups is 2. The van der Waals surface area contributed by atoms with E-state index in [0.717, 1.165) is 83.5 Å². The summed E-state index contributed by atoms with van der Waals surface area (Å²) in [7, 11) is -4.53. The van der Waals surface area contributed by atoms with E-state index in [2.05, 4.69) is 86.8 Å². The van der Waals surface area contributed by atoms with Gasteiger partial charge in [0.15, 0.2) is 0 Å². The van der Waals surface area contributed by atoms with E-state index in [9.17, 15) is 19.4 Å². The van der Waals surface area contributed by atoms with E-state index >= 15 is 0 Å². The summed E-state index contributed by atoms with van der Waals surface area (Å²) < 4.78 is 33.4. The molecule has 0 aromatic carbocycles. The Hall–Kier alpha value is -2.10. The number of aliphatic hydroxyl groups excluding tert-OH is 2. The van der Waals surface area contributed by atoms with Crippen LogP contribution < -0.4 is 0 Å². The molecule has 60 heavy (non-hydrogen) atoms. The van der Waals surface area contributed by atoms with Crippen LogP contribution >= 0.6 is 7.82 Å². The van der Waals surface area contributed by atoms with Gasteiger partial charge in [0.25, 0.3) is 0 Å². The number of rotatable bonds is 45. The summed E-state index contributed by atoms with van der Waals surface area (Å²) in [6.45, 7) is 3.35. The first kappa shape index (κ1) is 57.9. The topological polar surface area (TPSA) is 132 Å². The quantitative estimate of drug-likeness (QED) is 0.0237.